The van der Waals surface area contributed by atoms with Gasteiger partial charge in [-0.3, -0.25) is 20.6 Å². The Bertz CT molecular complexity index is 599. The molecule has 2 N–H and O–H groups in total. The lowest BCUT2D eigenvalue weighted by molar-refractivity contribution is 0.0942. The van der Waals surface area contributed by atoms with E-state index in [9.17, 15) is 9.18 Å². The summed E-state index contributed by atoms with van der Waals surface area (Å²) >= 11 is 0. The number of hydrogen-bond acceptors (Lipinski definition) is 3. The summed E-state index contributed by atoms with van der Waals surface area (Å²) in [5.41, 5.74) is 5.98. The molecule has 1 aromatic heterocycles. The van der Waals surface area contributed by atoms with Gasteiger partial charge >= 0.3 is 0 Å². The normalized spacial score (nSPS) is 9.74. The standard InChI is InChI=1S/C14H12FN3O/c1-10(12-6-2-3-7-13(12)15)17-18-14(19)11-5-4-8-16-9-11/h2-9,17H,1H2,(H,18,19). The van der Waals surface area contributed by atoms with Gasteiger partial charge in [0, 0.05) is 18.0 Å². The van der Waals surface area contributed by atoms with Crippen LogP contribution in [0.15, 0.2) is 55.4 Å². The Morgan fingerprint density at radius 1 is 1.16 bits per heavy atom. The van der Waals surface area contributed by atoms with Gasteiger partial charge in [-0.05, 0) is 24.3 Å². The van der Waals surface area contributed by atoms with Gasteiger partial charge in [0.25, 0.3) is 5.91 Å². The van der Waals surface area contributed by atoms with E-state index in [0.29, 0.717) is 11.1 Å². The summed E-state index contributed by atoms with van der Waals surface area (Å²) in [5.74, 6) is -0.777. The van der Waals surface area contributed by atoms with Gasteiger partial charge in [0.05, 0.1) is 11.3 Å². The Morgan fingerprint density at radius 2 is 1.95 bits per heavy atom. The van der Waals surface area contributed by atoms with Gasteiger partial charge < -0.3 is 0 Å². The fraction of sp³-hybridized carbons (Fsp3) is 0. The molecular weight excluding hydrogens is 245 g/mol. The number of carbonyl (C=O) groups is 1. The molecule has 0 radical (unpaired) electrons. The molecule has 0 aliphatic rings. The maximum absolute atomic E-state index is 13.5. The number of nitrogens with zero attached hydrogens (tertiary/aromatic N) is 1. The quantitative estimate of drug-likeness (QED) is 0.825. The molecule has 0 spiro atoms. The molecule has 0 fully saturated rings. The molecule has 2 aromatic rings. The smallest absolute Gasteiger partial charge is 0.271 e. The average Bonchev–Trinajstić information content (AvgIpc) is 2.46. The van der Waals surface area contributed by atoms with E-state index in [1.807, 2.05) is 0 Å². The second kappa shape index (κ2) is 5.77. The highest BCUT2D eigenvalue weighted by atomic mass is 19.1. The van der Waals surface area contributed by atoms with Gasteiger partial charge in [0.2, 0.25) is 0 Å². The lowest BCUT2D eigenvalue weighted by Gasteiger charge is -2.11. The molecule has 0 saturated carbocycles. The number of pyridine rings is 1. The minimum atomic E-state index is -0.407. The average molecular weight is 257 g/mol. The fourth-order valence-corrected chi connectivity index (χ4v) is 1.47. The number of carbonyl (C=O) groups excluding carboxylic acids is 1. The van der Waals surface area contributed by atoms with Crippen molar-refractivity contribution in [3.8, 4) is 0 Å². The second-order valence-electron chi connectivity index (χ2n) is 3.78. The van der Waals surface area contributed by atoms with Crippen LogP contribution in [0.25, 0.3) is 5.70 Å². The highest BCUT2D eigenvalue weighted by Crippen LogP contribution is 2.12. The van der Waals surface area contributed by atoms with E-state index >= 15 is 0 Å². The number of nitrogens with one attached hydrogen (secondary N) is 2. The van der Waals surface area contributed by atoms with Crippen LogP contribution in [-0.2, 0) is 0 Å². The third-order valence-corrected chi connectivity index (χ3v) is 2.45. The zero-order valence-electron chi connectivity index (χ0n) is 10.1. The number of aromatic nitrogens is 1. The third kappa shape index (κ3) is 3.16. The van der Waals surface area contributed by atoms with Crippen molar-refractivity contribution in [3.05, 3.63) is 72.3 Å². The van der Waals surface area contributed by atoms with E-state index in [1.165, 1.54) is 12.3 Å². The molecule has 0 unspecified atom stereocenters. The zero-order valence-corrected chi connectivity index (χ0v) is 10.1. The molecule has 19 heavy (non-hydrogen) atoms. The minimum Gasteiger partial charge on any atom is -0.298 e. The first kappa shape index (κ1) is 12.8. The van der Waals surface area contributed by atoms with E-state index in [4.69, 9.17) is 0 Å². The number of amides is 1. The maximum atomic E-state index is 13.5. The van der Waals surface area contributed by atoms with Gasteiger partial charge in [-0.2, -0.15) is 0 Å². The molecule has 5 heteroatoms. The van der Waals surface area contributed by atoms with Crippen LogP contribution in [0.1, 0.15) is 15.9 Å². The first-order chi connectivity index (χ1) is 9.18. The van der Waals surface area contributed by atoms with Gasteiger partial charge in [0.15, 0.2) is 0 Å². The highest BCUT2D eigenvalue weighted by molar-refractivity contribution is 5.94. The fourth-order valence-electron chi connectivity index (χ4n) is 1.47. The molecule has 1 heterocycles. The Hall–Kier alpha value is -2.69. The van der Waals surface area contributed by atoms with Crippen LogP contribution in [0.5, 0.6) is 0 Å². The monoisotopic (exact) mass is 257 g/mol. The Balaban J connectivity index is 1.98. The van der Waals surface area contributed by atoms with Crippen molar-refractivity contribution in [2.45, 2.75) is 0 Å². The third-order valence-electron chi connectivity index (χ3n) is 2.45. The molecule has 96 valence electrons. The Labute approximate surface area is 110 Å². The van der Waals surface area contributed by atoms with Crippen molar-refractivity contribution in [1.82, 2.24) is 15.8 Å². The Morgan fingerprint density at radius 3 is 2.63 bits per heavy atom. The number of benzene rings is 1. The van der Waals surface area contributed by atoms with E-state index in [2.05, 4.69) is 22.4 Å². The van der Waals surface area contributed by atoms with E-state index in [-0.39, 0.29) is 11.6 Å². The molecule has 0 aliphatic heterocycles. The largest absolute Gasteiger partial charge is 0.298 e. The molecule has 4 nitrogen and oxygen atoms in total. The predicted octanol–water partition coefficient (Wildman–Crippen LogP) is 2.13. The molecule has 0 atom stereocenters. The Kier molecular flexibility index (Phi) is 3.87. The molecule has 2 rings (SSSR count). The lowest BCUT2D eigenvalue weighted by atomic mass is 10.2. The topological polar surface area (TPSA) is 54.0 Å². The maximum Gasteiger partial charge on any atom is 0.271 e. The van der Waals surface area contributed by atoms with Gasteiger partial charge in [-0.15, -0.1) is 0 Å². The van der Waals surface area contributed by atoms with Crippen LogP contribution in [0.4, 0.5) is 4.39 Å². The van der Waals surface area contributed by atoms with Crippen molar-refractivity contribution < 1.29 is 9.18 Å². The molecule has 0 aliphatic carbocycles. The molecular formula is C14H12FN3O. The number of rotatable bonds is 4. The van der Waals surface area contributed by atoms with Crippen LogP contribution < -0.4 is 10.9 Å². The van der Waals surface area contributed by atoms with Crippen LogP contribution in [0, 0.1) is 5.82 Å². The van der Waals surface area contributed by atoms with Crippen LogP contribution in [0.2, 0.25) is 0 Å². The van der Waals surface area contributed by atoms with Crippen molar-refractivity contribution in [1.29, 1.82) is 0 Å². The van der Waals surface area contributed by atoms with Crippen LogP contribution in [0.3, 0.4) is 0 Å². The van der Waals surface area contributed by atoms with E-state index in [0.717, 1.165) is 0 Å². The summed E-state index contributed by atoms with van der Waals surface area (Å²) in [5, 5.41) is 0. The highest BCUT2D eigenvalue weighted by Gasteiger charge is 2.07. The summed E-state index contributed by atoms with van der Waals surface area (Å²) in [6, 6.07) is 9.44. The van der Waals surface area contributed by atoms with E-state index < -0.39 is 5.82 Å². The van der Waals surface area contributed by atoms with Gasteiger partial charge in [0.1, 0.15) is 5.82 Å². The predicted molar refractivity (Wildman–Crippen MR) is 70.3 cm³/mol. The lowest BCUT2D eigenvalue weighted by Crippen LogP contribution is -2.36. The molecule has 1 amide bonds. The summed E-state index contributed by atoms with van der Waals surface area (Å²) < 4.78 is 13.5. The minimum absolute atomic E-state index is 0.273. The second-order valence-corrected chi connectivity index (χ2v) is 3.78. The number of hydrogen-bond donors (Lipinski definition) is 2. The van der Waals surface area contributed by atoms with Gasteiger partial charge in [-0.25, -0.2) is 4.39 Å². The first-order valence-electron chi connectivity index (χ1n) is 5.58. The van der Waals surface area contributed by atoms with E-state index in [1.54, 1.807) is 36.5 Å². The van der Waals surface area contributed by atoms with Crippen molar-refractivity contribution in [2.75, 3.05) is 0 Å². The zero-order chi connectivity index (χ0) is 13.7. The van der Waals surface area contributed by atoms with Crippen molar-refractivity contribution in [2.24, 2.45) is 0 Å². The van der Waals surface area contributed by atoms with Crippen LogP contribution >= 0.6 is 0 Å². The SMILES string of the molecule is C=C(NNC(=O)c1cccnc1)c1ccccc1F. The summed E-state index contributed by atoms with van der Waals surface area (Å²) in [7, 11) is 0. The summed E-state index contributed by atoms with van der Waals surface area (Å²) in [4.78, 5) is 15.6. The molecule has 0 saturated heterocycles. The first-order valence-corrected chi connectivity index (χ1v) is 5.58. The van der Waals surface area contributed by atoms with Crippen molar-refractivity contribution >= 4 is 11.6 Å². The number of halogens is 1. The molecule has 1 aromatic carbocycles. The van der Waals surface area contributed by atoms with Gasteiger partial charge in [-0.1, -0.05) is 18.7 Å². The summed E-state index contributed by atoms with van der Waals surface area (Å²) in [6.45, 7) is 3.67. The van der Waals surface area contributed by atoms with Crippen LogP contribution in [-0.4, -0.2) is 10.9 Å². The number of hydrazine groups is 1. The molecule has 0 bridgehead atoms. The summed E-state index contributed by atoms with van der Waals surface area (Å²) in [6.07, 6.45) is 3.01. The van der Waals surface area contributed by atoms with Crippen molar-refractivity contribution in [3.63, 3.8) is 0 Å².